The highest BCUT2D eigenvalue weighted by Gasteiger charge is 2.06. The first-order valence-corrected chi connectivity index (χ1v) is 6.23. The Morgan fingerprint density at radius 2 is 2.07 bits per heavy atom. The number of thiophene rings is 1. The van der Waals surface area contributed by atoms with Crippen molar-refractivity contribution in [2.24, 2.45) is 11.8 Å². The molecule has 1 unspecified atom stereocenters. The van der Waals surface area contributed by atoms with Crippen LogP contribution in [0.4, 0.5) is 0 Å². The zero-order valence-corrected chi connectivity index (χ0v) is 10.4. The van der Waals surface area contributed by atoms with Crippen LogP contribution < -0.4 is 5.32 Å². The van der Waals surface area contributed by atoms with Gasteiger partial charge >= 0.3 is 0 Å². The second-order valence-electron chi connectivity index (χ2n) is 4.38. The van der Waals surface area contributed by atoms with Crippen molar-refractivity contribution in [1.29, 1.82) is 0 Å². The fourth-order valence-corrected chi connectivity index (χ4v) is 2.11. The zero-order valence-electron chi connectivity index (χ0n) is 9.63. The number of hydrogen-bond donors (Lipinski definition) is 1. The van der Waals surface area contributed by atoms with Gasteiger partial charge in [-0.05, 0) is 42.3 Å². The lowest BCUT2D eigenvalue weighted by molar-refractivity contribution is 0.393. The molecule has 0 aliphatic carbocycles. The molecule has 0 aliphatic rings. The van der Waals surface area contributed by atoms with Crippen molar-refractivity contribution in [1.82, 2.24) is 5.32 Å². The van der Waals surface area contributed by atoms with Crippen LogP contribution in [0.25, 0.3) is 0 Å². The molecule has 0 aromatic carbocycles. The van der Waals surface area contributed by atoms with E-state index in [1.807, 2.05) is 11.3 Å². The van der Waals surface area contributed by atoms with Crippen LogP contribution >= 0.6 is 11.3 Å². The van der Waals surface area contributed by atoms with Crippen molar-refractivity contribution in [3.8, 4) is 0 Å². The first-order chi connectivity index (χ1) is 6.61. The average Bonchev–Trinajstić information content (AvgIpc) is 2.51. The van der Waals surface area contributed by atoms with Crippen molar-refractivity contribution < 1.29 is 0 Å². The minimum absolute atomic E-state index is 0.760. The molecular formula is C12H21NS. The summed E-state index contributed by atoms with van der Waals surface area (Å²) >= 11 is 1.85. The third-order valence-electron chi connectivity index (χ3n) is 2.86. The SMILES string of the molecule is Cc1ccsc1CNCC(C)C(C)C. The van der Waals surface area contributed by atoms with Gasteiger partial charge < -0.3 is 5.32 Å². The van der Waals surface area contributed by atoms with Crippen LogP contribution in [-0.4, -0.2) is 6.54 Å². The first-order valence-electron chi connectivity index (χ1n) is 5.35. The highest BCUT2D eigenvalue weighted by atomic mass is 32.1. The molecule has 0 radical (unpaired) electrons. The van der Waals surface area contributed by atoms with E-state index >= 15 is 0 Å². The number of rotatable bonds is 5. The highest BCUT2D eigenvalue weighted by Crippen LogP contribution is 2.15. The van der Waals surface area contributed by atoms with E-state index in [1.54, 1.807) is 0 Å². The molecule has 0 bridgehead atoms. The number of aryl methyl sites for hydroxylation is 1. The Balaban J connectivity index is 2.25. The molecule has 1 rings (SSSR count). The molecule has 0 aliphatic heterocycles. The molecule has 0 saturated carbocycles. The smallest absolute Gasteiger partial charge is 0.0302 e. The summed E-state index contributed by atoms with van der Waals surface area (Å²) in [5, 5.41) is 5.69. The van der Waals surface area contributed by atoms with Gasteiger partial charge in [-0.2, -0.15) is 0 Å². The van der Waals surface area contributed by atoms with Gasteiger partial charge in [0.2, 0.25) is 0 Å². The summed E-state index contributed by atoms with van der Waals surface area (Å²) in [5.74, 6) is 1.53. The van der Waals surface area contributed by atoms with Gasteiger partial charge in [-0.1, -0.05) is 20.8 Å². The summed E-state index contributed by atoms with van der Waals surface area (Å²) in [4.78, 5) is 1.47. The maximum Gasteiger partial charge on any atom is 0.0302 e. The molecule has 0 fully saturated rings. The van der Waals surface area contributed by atoms with Crippen molar-refractivity contribution in [3.63, 3.8) is 0 Å². The van der Waals surface area contributed by atoms with Gasteiger partial charge in [-0.25, -0.2) is 0 Å². The lowest BCUT2D eigenvalue weighted by atomic mass is 9.98. The van der Waals surface area contributed by atoms with Crippen LogP contribution in [0.1, 0.15) is 31.2 Å². The predicted molar refractivity (Wildman–Crippen MR) is 64.8 cm³/mol. The van der Waals surface area contributed by atoms with Gasteiger partial charge in [0.25, 0.3) is 0 Å². The molecule has 0 amide bonds. The van der Waals surface area contributed by atoms with Crippen LogP contribution in [0.15, 0.2) is 11.4 Å². The summed E-state index contributed by atoms with van der Waals surface area (Å²) in [6.07, 6.45) is 0. The third kappa shape index (κ3) is 3.43. The molecule has 1 nitrogen and oxygen atoms in total. The second kappa shape index (κ2) is 5.52. The summed E-state index contributed by atoms with van der Waals surface area (Å²) in [6, 6.07) is 2.19. The van der Waals surface area contributed by atoms with Crippen LogP contribution in [0.2, 0.25) is 0 Å². The van der Waals surface area contributed by atoms with E-state index in [0.717, 1.165) is 24.9 Å². The van der Waals surface area contributed by atoms with E-state index < -0.39 is 0 Å². The minimum Gasteiger partial charge on any atom is -0.312 e. The number of hydrogen-bond acceptors (Lipinski definition) is 2. The van der Waals surface area contributed by atoms with E-state index in [4.69, 9.17) is 0 Å². The maximum absolute atomic E-state index is 3.52. The van der Waals surface area contributed by atoms with E-state index in [-0.39, 0.29) is 0 Å². The Bertz CT molecular complexity index is 265. The third-order valence-corrected chi connectivity index (χ3v) is 3.88. The maximum atomic E-state index is 3.52. The van der Waals surface area contributed by atoms with E-state index in [2.05, 4.69) is 44.5 Å². The lowest BCUT2D eigenvalue weighted by Gasteiger charge is -2.15. The molecule has 1 N–H and O–H groups in total. The molecule has 0 saturated heterocycles. The van der Waals surface area contributed by atoms with Gasteiger partial charge in [0.05, 0.1) is 0 Å². The monoisotopic (exact) mass is 211 g/mol. The normalized spacial score (nSPS) is 13.5. The summed E-state index contributed by atoms with van der Waals surface area (Å²) in [5.41, 5.74) is 1.42. The van der Waals surface area contributed by atoms with Crippen LogP contribution in [0.3, 0.4) is 0 Å². The predicted octanol–water partition coefficient (Wildman–Crippen LogP) is 3.44. The molecular weight excluding hydrogens is 190 g/mol. The first kappa shape index (κ1) is 11.7. The standard InChI is InChI=1S/C12H21NS/c1-9(2)11(4)7-13-8-12-10(3)5-6-14-12/h5-6,9,11,13H,7-8H2,1-4H3. The fraction of sp³-hybridized carbons (Fsp3) is 0.667. The Hall–Kier alpha value is -0.340. The molecule has 2 heteroatoms. The van der Waals surface area contributed by atoms with Gasteiger partial charge in [-0.3, -0.25) is 0 Å². The van der Waals surface area contributed by atoms with Crippen molar-refractivity contribution in [3.05, 3.63) is 21.9 Å². The van der Waals surface area contributed by atoms with Crippen LogP contribution in [-0.2, 0) is 6.54 Å². The topological polar surface area (TPSA) is 12.0 Å². The van der Waals surface area contributed by atoms with Gasteiger partial charge in [0, 0.05) is 11.4 Å². The van der Waals surface area contributed by atoms with Crippen LogP contribution in [0, 0.1) is 18.8 Å². The Labute approximate surface area is 91.5 Å². The minimum atomic E-state index is 0.760. The Kier molecular flexibility index (Phi) is 4.63. The molecule has 14 heavy (non-hydrogen) atoms. The van der Waals surface area contributed by atoms with Crippen molar-refractivity contribution in [2.45, 2.75) is 34.2 Å². The Morgan fingerprint density at radius 3 is 2.57 bits per heavy atom. The van der Waals surface area contributed by atoms with Gasteiger partial charge in [0.15, 0.2) is 0 Å². The van der Waals surface area contributed by atoms with Gasteiger partial charge in [0.1, 0.15) is 0 Å². The van der Waals surface area contributed by atoms with Gasteiger partial charge in [-0.15, -0.1) is 11.3 Å². The lowest BCUT2D eigenvalue weighted by Crippen LogP contribution is -2.23. The molecule has 1 aromatic heterocycles. The highest BCUT2D eigenvalue weighted by molar-refractivity contribution is 7.10. The zero-order chi connectivity index (χ0) is 10.6. The fourth-order valence-electron chi connectivity index (χ4n) is 1.23. The molecule has 1 atom stereocenters. The molecule has 1 aromatic rings. The summed E-state index contributed by atoms with van der Waals surface area (Å²) < 4.78 is 0. The van der Waals surface area contributed by atoms with Crippen LogP contribution in [0.5, 0.6) is 0 Å². The molecule has 0 spiro atoms. The molecule has 1 heterocycles. The van der Waals surface area contributed by atoms with E-state index in [1.165, 1.54) is 10.4 Å². The van der Waals surface area contributed by atoms with E-state index in [0.29, 0.717) is 0 Å². The quantitative estimate of drug-likeness (QED) is 0.786. The summed E-state index contributed by atoms with van der Waals surface area (Å²) in [7, 11) is 0. The van der Waals surface area contributed by atoms with Crippen molar-refractivity contribution in [2.75, 3.05) is 6.54 Å². The number of nitrogens with one attached hydrogen (secondary N) is 1. The average molecular weight is 211 g/mol. The van der Waals surface area contributed by atoms with Crippen molar-refractivity contribution >= 4 is 11.3 Å². The Morgan fingerprint density at radius 1 is 1.36 bits per heavy atom. The van der Waals surface area contributed by atoms with E-state index in [9.17, 15) is 0 Å². The largest absolute Gasteiger partial charge is 0.312 e. The summed E-state index contributed by atoms with van der Waals surface area (Å²) in [6.45, 7) is 11.2. The molecule has 80 valence electrons. The second-order valence-corrected chi connectivity index (χ2v) is 5.38.